The number of aromatic amines is 1. The molecule has 0 aromatic carbocycles. The van der Waals surface area contributed by atoms with Crippen LogP contribution in [0.25, 0.3) is 11.5 Å². The highest BCUT2D eigenvalue weighted by molar-refractivity contribution is 5.56. The average Bonchev–Trinajstić information content (AvgIpc) is 3.08. The van der Waals surface area contributed by atoms with Crippen molar-refractivity contribution in [1.82, 2.24) is 15.1 Å². The van der Waals surface area contributed by atoms with E-state index in [0.29, 0.717) is 30.7 Å². The molecule has 0 atom stereocenters. The molecule has 1 fully saturated rings. The van der Waals surface area contributed by atoms with Gasteiger partial charge in [0.25, 0.3) is 11.8 Å². The number of hydrogen-bond acceptors (Lipinski definition) is 6. The molecule has 1 aliphatic heterocycles. The van der Waals surface area contributed by atoms with Crippen molar-refractivity contribution in [3.8, 4) is 17.5 Å². The van der Waals surface area contributed by atoms with Gasteiger partial charge in [0, 0.05) is 19.3 Å². The topological polar surface area (TPSA) is 91.0 Å². The second-order valence-electron chi connectivity index (χ2n) is 3.91. The summed E-state index contributed by atoms with van der Waals surface area (Å²) >= 11 is 0. The summed E-state index contributed by atoms with van der Waals surface area (Å²) in [6, 6.07) is 3.69. The van der Waals surface area contributed by atoms with Gasteiger partial charge in [-0.2, -0.15) is 10.2 Å². The molecule has 0 aliphatic carbocycles. The molecule has 1 aliphatic rings. The van der Waals surface area contributed by atoms with Crippen LogP contribution in [0.3, 0.4) is 0 Å². The van der Waals surface area contributed by atoms with E-state index in [4.69, 9.17) is 14.5 Å². The zero-order valence-corrected chi connectivity index (χ0v) is 9.59. The fourth-order valence-corrected chi connectivity index (χ4v) is 1.81. The summed E-state index contributed by atoms with van der Waals surface area (Å²) in [6.45, 7) is 2.87. The Morgan fingerprint density at radius 3 is 2.94 bits per heavy atom. The van der Waals surface area contributed by atoms with Gasteiger partial charge in [-0.3, -0.25) is 0 Å². The number of nitrogens with zero attached hydrogens (tertiary/aromatic N) is 4. The van der Waals surface area contributed by atoms with Crippen LogP contribution in [-0.4, -0.2) is 41.4 Å². The third-order valence-corrected chi connectivity index (χ3v) is 2.76. The van der Waals surface area contributed by atoms with Crippen LogP contribution in [0.1, 0.15) is 5.69 Å². The molecular formula is C11H11N5O2. The lowest BCUT2D eigenvalue weighted by Crippen LogP contribution is -2.36. The van der Waals surface area contributed by atoms with Gasteiger partial charge in [-0.05, 0) is 11.2 Å². The molecule has 0 spiro atoms. The van der Waals surface area contributed by atoms with Crippen molar-refractivity contribution in [3.63, 3.8) is 0 Å². The Kier molecular flexibility index (Phi) is 2.70. The number of nitrogens with one attached hydrogen (secondary N) is 1. The van der Waals surface area contributed by atoms with E-state index in [9.17, 15) is 0 Å². The molecule has 2 aromatic rings. The third kappa shape index (κ3) is 1.94. The predicted octanol–water partition coefficient (Wildman–Crippen LogP) is 0.773. The van der Waals surface area contributed by atoms with Crippen LogP contribution in [0, 0.1) is 11.3 Å². The van der Waals surface area contributed by atoms with Crippen LogP contribution in [0.5, 0.6) is 0 Å². The largest absolute Gasteiger partial charge is 0.378 e. The smallest absolute Gasteiger partial charge is 0.266 e. The van der Waals surface area contributed by atoms with Crippen molar-refractivity contribution in [2.24, 2.45) is 0 Å². The van der Waals surface area contributed by atoms with Crippen LogP contribution in [0.4, 0.5) is 5.95 Å². The number of hydrogen-bond donors (Lipinski definition) is 1. The van der Waals surface area contributed by atoms with E-state index in [-0.39, 0.29) is 0 Å². The molecule has 0 radical (unpaired) electrons. The van der Waals surface area contributed by atoms with Gasteiger partial charge in [0.1, 0.15) is 11.8 Å². The SMILES string of the molecule is N#Cc1cc(-c2nc(N3CCOCC3)no2)c[nH]1. The van der Waals surface area contributed by atoms with E-state index in [1.54, 1.807) is 12.3 Å². The molecular weight excluding hydrogens is 234 g/mol. The Morgan fingerprint density at radius 2 is 2.22 bits per heavy atom. The Bertz CT molecular complexity index is 576. The maximum atomic E-state index is 8.74. The fourth-order valence-electron chi connectivity index (χ4n) is 1.81. The Balaban J connectivity index is 1.82. The van der Waals surface area contributed by atoms with Gasteiger partial charge in [0.05, 0.1) is 18.8 Å². The molecule has 92 valence electrons. The molecule has 0 bridgehead atoms. The minimum atomic E-state index is 0.411. The molecule has 0 unspecified atom stereocenters. The highest BCUT2D eigenvalue weighted by Gasteiger charge is 2.18. The Morgan fingerprint density at radius 1 is 1.39 bits per heavy atom. The zero-order chi connectivity index (χ0) is 12.4. The monoisotopic (exact) mass is 245 g/mol. The maximum absolute atomic E-state index is 8.74. The predicted molar refractivity (Wildman–Crippen MR) is 61.8 cm³/mol. The van der Waals surface area contributed by atoms with E-state index in [1.807, 2.05) is 11.0 Å². The fraction of sp³-hybridized carbons (Fsp3) is 0.364. The van der Waals surface area contributed by atoms with Gasteiger partial charge < -0.3 is 19.1 Å². The van der Waals surface area contributed by atoms with Gasteiger partial charge in [-0.15, -0.1) is 0 Å². The van der Waals surface area contributed by atoms with Crippen molar-refractivity contribution in [2.75, 3.05) is 31.2 Å². The lowest BCUT2D eigenvalue weighted by atomic mass is 10.3. The van der Waals surface area contributed by atoms with Crippen molar-refractivity contribution in [1.29, 1.82) is 5.26 Å². The minimum absolute atomic E-state index is 0.411. The van der Waals surface area contributed by atoms with Crippen molar-refractivity contribution < 1.29 is 9.26 Å². The van der Waals surface area contributed by atoms with Crippen molar-refractivity contribution in [3.05, 3.63) is 18.0 Å². The molecule has 7 nitrogen and oxygen atoms in total. The Labute approximate surface area is 103 Å². The van der Waals surface area contributed by atoms with Gasteiger partial charge in [-0.25, -0.2) is 0 Å². The van der Waals surface area contributed by atoms with Crippen molar-refractivity contribution in [2.45, 2.75) is 0 Å². The number of ether oxygens (including phenoxy) is 1. The highest BCUT2D eigenvalue weighted by atomic mass is 16.5. The first-order valence-electron chi connectivity index (χ1n) is 5.62. The van der Waals surface area contributed by atoms with Gasteiger partial charge in [0.2, 0.25) is 0 Å². The number of nitriles is 1. The summed E-state index contributed by atoms with van der Waals surface area (Å²) in [7, 11) is 0. The first-order valence-corrected chi connectivity index (χ1v) is 5.62. The minimum Gasteiger partial charge on any atom is -0.378 e. The van der Waals surface area contributed by atoms with Gasteiger partial charge in [0.15, 0.2) is 0 Å². The standard InChI is InChI=1S/C11H11N5O2/c12-6-9-5-8(7-13-9)10-14-11(15-18-10)16-1-3-17-4-2-16/h5,7,13H,1-4H2. The third-order valence-electron chi connectivity index (χ3n) is 2.76. The highest BCUT2D eigenvalue weighted by Crippen LogP contribution is 2.21. The summed E-state index contributed by atoms with van der Waals surface area (Å²) in [4.78, 5) is 9.14. The second kappa shape index (κ2) is 4.50. The summed E-state index contributed by atoms with van der Waals surface area (Å²) in [5.74, 6) is 0.974. The summed E-state index contributed by atoms with van der Waals surface area (Å²) in [5.41, 5.74) is 1.19. The van der Waals surface area contributed by atoms with Crippen LogP contribution in [0.2, 0.25) is 0 Å². The summed E-state index contributed by atoms with van der Waals surface area (Å²) in [6.07, 6.45) is 1.68. The van der Waals surface area contributed by atoms with E-state index in [2.05, 4.69) is 15.1 Å². The maximum Gasteiger partial charge on any atom is 0.266 e. The number of rotatable bonds is 2. The van der Waals surface area contributed by atoms with E-state index in [0.717, 1.165) is 18.7 Å². The first kappa shape index (κ1) is 10.8. The number of H-pyrrole nitrogens is 1. The molecule has 7 heteroatoms. The lowest BCUT2D eigenvalue weighted by molar-refractivity contribution is 0.121. The number of anilines is 1. The van der Waals surface area contributed by atoms with Gasteiger partial charge in [-0.1, -0.05) is 0 Å². The second-order valence-corrected chi connectivity index (χ2v) is 3.91. The molecule has 2 aromatic heterocycles. The average molecular weight is 245 g/mol. The normalized spacial score (nSPS) is 15.6. The van der Waals surface area contributed by atoms with Gasteiger partial charge >= 0.3 is 0 Å². The molecule has 3 rings (SSSR count). The lowest BCUT2D eigenvalue weighted by Gasteiger charge is -2.24. The van der Waals surface area contributed by atoms with E-state index >= 15 is 0 Å². The van der Waals surface area contributed by atoms with E-state index in [1.165, 1.54) is 0 Å². The summed E-state index contributed by atoms with van der Waals surface area (Å²) < 4.78 is 10.5. The van der Waals surface area contributed by atoms with Crippen LogP contribution in [-0.2, 0) is 4.74 Å². The molecule has 1 saturated heterocycles. The Hall–Kier alpha value is -2.33. The van der Waals surface area contributed by atoms with Crippen LogP contribution >= 0.6 is 0 Å². The molecule has 0 amide bonds. The van der Waals surface area contributed by atoms with Crippen LogP contribution in [0.15, 0.2) is 16.8 Å². The first-order chi connectivity index (χ1) is 8.86. The zero-order valence-electron chi connectivity index (χ0n) is 9.59. The number of morpholine rings is 1. The van der Waals surface area contributed by atoms with E-state index < -0.39 is 0 Å². The number of aromatic nitrogens is 3. The van der Waals surface area contributed by atoms with Crippen molar-refractivity contribution >= 4 is 5.95 Å². The quantitative estimate of drug-likeness (QED) is 0.840. The summed E-state index contributed by atoms with van der Waals surface area (Å²) in [5, 5.41) is 12.7. The molecule has 0 saturated carbocycles. The van der Waals surface area contributed by atoms with Crippen LogP contribution < -0.4 is 4.90 Å². The molecule has 18 heavy (non-hydrogen) atoms. The molecule has 3 heterocycles. The molecule has 1 N–H and O–H groups in total.